The SMILES string of the molecule is O=C(CCCCCCC(=O)Nc1nnc(-c2cccc(Cl)c2)s1)NO. The van der Waals surface area contributed by atoms with Gasteiger partial charge in [0.25, 0.3) is 0 Å². The third kappa shape index (κ3) is 6.77. The number of amides is 2. The van der Waals surface area contributed by atoms with E-state index in [1.165, 1.54) is 11.3 Å². The molecule has 3 N–H and O–H groups in total. The molecule has 0 radical (unpaired) electrons. The maximum Gasteiger partial charge on any atom is 0.243 e. The van der Waals surface area contributed by atoms with Gasteiger partial charge in [-0.3, -0.25) is 14.8 Å². The topological polar surface area (TPSA) is 104 Å². The van der Waals surface area contributed by atoms with Gasteiger partial charge in [-0.2, -0.15) is 0 Å². The van der Waals surface area contributed by atoms with Crippen molar-refractivity contribution in [2.45, 2.75) is 38.5 Å². The second-order valence-electron chi connectivity index (χ2n) is 5.42. The lowest BCUT2D eigenvalue weighted by Crippen LogP contribution is -2.17. The van der Waals surface area contributed by atoms with Gasteiger partial charge in [-0.25, -0.2) is 5.48 Å². The monoisotopic (exact) mass is 382 g/mol. The molecule has 9 heteroatoms. The molecule has 2 rings (SSSR count). The normalized spacial score (nSPS) is 10.5. The number of anilines is 1. The van der Waals surface area contributed by atoms with E-state index in [0.29, 0.717) is 34.4 Å². The van der Waals surface area contributed by atoms with Crippen molar-refractivity contribution >= 4 is 39.9 Å². The zero-order valence-corrected chi connectivity index (χ0v) is 15.1. The summed E-state index contributed by atoms with van der Waals surface area (Å²) in [5, 5.41) is 20.9. The predicted molar refractivity (Wildman–Crippen MR) is 96.6 cm³/mol. The van der Waals surface area contributed by atoms with E-state index in [0.717, 1.165) is 24.8 Å². The summed E-state index contributed by atoms with van der Waals surface area (Å²) >= 11 is 7.25. The molecule has 0 aliphatic carbocycles. The van der Waals surface area contributed by atoms with E-state index in [2.05, 4.69) is 15.5 Å². The molecule has 1 heterocycles. The standard InChI is InChI=1S/C16H19ClN4O3S/c17-12-7-5-6-11(10-12)15-19-20-16(25-15)18-13(22)8-3-1-2-4-9-14(23)21-24/h5-7,10,24H,1-4,8-9H2,(H,21,23)(H,18,20,22). The number of benzene rings is 1. The number of hydroxylamine groups is 1. The average Bonchev–Trinajstić information content (AvgIpc) is 3.06. The minimum Gasteiger partial charge on any atom is -0.301 e. The molecule has 7 nitrogen and oxygen atoms in total. The Labute approximate surface area is 154 Å². The first-order valence-corrected chi connectivity index (χ1v) is 9.10. The summed E-state index contributed by atoms with van der Waals surface area (Å²) in [5.41, 5.74) is 2.45. The van der Waals surface area contributed by atoms with Crippen LogP contribution in [0, 0.1) is 0 Å². The minimum absolute atomic E-state index is 0.109. The first-order valence-electron chi connectivity index (χ1n) is 7.90. The number of hydrogen-bond acceptors (Lipinski definition) is 6. The first-order chi connectivity index (χ1) is 12.1. The molecule has 0 aliphatic heterocycles. The third-order valence-electron chi connectivity index (χ3n) is 3.43. The van der Waals surface area contributed by atoms with Gasteiger partial charge in [-0.05, 0) is 25.0 Å². The number of aromatic nitrogens is 2. The molecule has 25 heavy (non-hydrogen) atoms. The molecule has 0 aliphatic rings. The van der Waals surface area contributed by atoms with Gasteiger partial charge in [0, 0.05) is 23.4 Å². The van der Waals surface area contributed by atoms with Crippen LogP contribution in [-0.4, -0.2) is 27.2 Å². The van der Waals surface area contributed by atoms with Crippen LogP contribution >= 0.6 is 22.9 Å². The molecule has 0 saturated heterocycles. The van der Waals surface area contributed by atoms with E-state index in [4.69, 9.17) is 16.8 Å². The van der Waals surface area contributed by atoms with Crippen molar-refractivity contribution in [2.75, 3.05) is 5.32 Å². The fourth-order valence-electron chi connectivity index (χ4n) is 2.17. The van der Waals surface area contributed by atoms with Crippen molar-refractivity contribution in [2.24, 2.45) is 0 Å². The van der Waals surface area contributed by atoms with Crippen LogP contribution in [0.1, 0.15) is 38.5 Å². The van der Waals surface area contributed by atoms with Crippen molar-refractivity contribution in [3.05, 3.63) is 29.3 Å². The second kappa shape index (κ2) is 10.1. The average molecular weight is 383 g/mol. The molecule has 2 amide bonds. The number of hydrogen-bond donors (Lipinski definition) is 3. The Bertz CT molecular complexity index is 723. The van der Waals surface area contributed by atoms with Crippen LogP contribution in [0.3, 0.4) is 0 Å². The third-order valence-corrected chi connectivity index (χ3v) is 4.55. The number of nitrogens with one attached hydrogen (secondary N) is 2. The van der Waals surface area contributed by atoms with Crippen LogP contribution in [0.2, 0.25) is 5.02 Å². The van der Waals surface area contributed by atoms with Crippen molar-refractivity contribution in [1.29, 1.82) is 0 Å². The van der Waals surface area contributed by atoms with E-state index in [9.17, 15) is 9.59 Å². The Balaban J connectivity index is 1.70. The van der Waals surface area contributed by atoms with Crippen LogP contribution in [0.5, 0.6) is 0 Å². The Kier molecular flexibility index (Phi) is 7.77. The zero-order chi connectivity index (χ0) is 18.1. The lowest BCUT2D eigenvalue weighted by atomic mass is 10.1. The first kappa shape index (κ1) is 19.3. The van der Waals surface area contributed by atoms with E-state index >= 15 is 0 Å². The molecule has 0 bridgehead atoms. The highest BCUT2D eigenvalue weighted by Gasteiger charge is 2.10. The molecule has 0 saturated carbocycles. The van der Waals surface area contributed by atoms with Gasteiger partial charge in [0.1, 0.15) is 5.01 Å². The van der Waals surface area contributed by atoms with Crippen molar-refractivity contribution in [3.63, 3.8) is 0 Å². The lowest BCUT2D eigenvalue weighted by Gasteiger charge is -2.02. The summed E-state index contributed by atoms with van der Waals surface area (Å²) < 4.78 is 0. The Morgan fingerprint density at radius 2 is 1.80 bits per heavy atom. The van der Waals surface area contributed by atoms with Crippen LogP contribution in [-0.2, 0) is 9.59 Å². The number of halogens is 1. The summed E-state index contributed by atoms with van der Waals surface area (Å²) in [4.78, 5) is 22.7. The summed E-state index contributed by atoms with van der Waals surface area (Å²) in [6.07, 6.45) is 3.77. The van der Waals surface area contributed by atoms with Crippen LogP contribution in [0.25, 0.3) is 10.6 Å². The number of unbranched alkanes of at least 4 members (excludes halogenated alkanes) is 3. The second-order valence-corrected chi connectivity index (χ2v) is 6.83. The van der Waals surface area contributed by atoms with Gasteiger partial charge >= 0.3 is 0 Å². The van der Waals surface area contributed by atoms with Gasteiger partial charge in [-0.1, -0.05) is 47.9 Å². The molecule has 0 spiro atoms. The molecule has 2 aromatic rings. The van der Waals surface area contributed by atoms with E-state index < -0.39 is 0 Å². The van der Waals surface area contributed by atoms with Crippen molar-refractivity contribution in [3.8, 4) is 10.6 Å². The maximum absolute atomic E-state index is 11.9. The number of nitrogens with zero attached hydrogens (tertiary/aromatic N) is 2. The van der Waals surface area contributed by atoms with Gasteiger partial charge < -0.3 is 5.32 Å². The van der Waals surface area contributed by atoms with Gasteiger partial charge in [0.15, 0.2) is 0 Å². The number of rotatable bonds is 9. The van der Waals surface area contributed by atoms with Crippen molar-refractivity contribution < 1.29 is 14.8 Å². The lowest BCUT2D eigenvalue weighted by molar-refractivity contribution is -0.129. The summed E-state index contributed by atoms with van der Waals surface area (Å²) in [5.74, 6) is -0.494. The molecule has 1 aromatic carbocycles. The van der Waals surface area contributed by atoms with E-state index in [1.54, 1.807) is 17.6 Å². The molecule has 134 valence electrons. The van der Waals surface area contributed by atoms with Gasteiger partial charge in [-0.15, -0.1) is 10.2 Å². The predicted octanol–water partition coefficient (Wildman–Crippen LogP) is 3.64. The fraction of sp³-hybridized carbons (Fsp3) is 0.375. The highest BCUT2D eigenvalue weighted by atomic mass is 35.5. The molecular weight excluding hydrogens is 364 g/mol. The summed E-state index contributed by atoms with van der Waals surface area (Å²) in [6, 6.07) is 7.30. The highest BCUT2D eigenvalue weighted by molar-refractivity contribution is 7.18. The Morgan fingerprint density at radius 3 is 2.48 bits per heavy atom. The van der Waals surface area contributed by atoms with Gasteiger partial charge in [0.2, 0.25) is 16.9 Å². The quantitative estimate of drug-likeness (QED) is 0.349. The number of carbonyl (C=O) groups is 2. The van der Waals surface area contributed by atoms with Gasteiger partial charge in [0.05, 0.1) is 0 Å². The van der Waals surface area contributed by atoms with Crippen LogP contribution in [0.4, 0.5) is 5.13 Å². The summed E-state index contributed by atoms with van der Waals surface area (Å²) in [7, 11) is 0. The molecule has 0 fully saturated rings. The fourth-order valence-corrected chi connectivity index (χ4v) is 3.12. The van der Waals surface area contributed by atoms with Crippen molar-refractivity contribution in [1.82, 2.24) is 15.7 Å². The largest absolute Gasteiger partial charge is 0.301 e. The number of carbonyl (C=O) groups excluding carboxylic acids is 2. The Hall–Kier alpha value is -2.03. The van der Waals surface area contributed by atoms with E-state index in [-0.39, 0.29) is 11.8 Å². The molecule has 0 atom stereocenters. The summed E-state index contributed by atoms with van der Waals surface area (Å²) in [6.45, 7) is 0. The van der Waals surface area contributed by atoms with Crippen LogP contribution in [0.15, 0.2) is 24.3 Å². The molecule has 0 unspecified atom stereocenters. The minimum atomic E-state index is -0.385. The molecule has 1 aromatic heterocycles. The smallest absolute Gasteiger partial charge is 0.243 e. The van der Waals surface area contributed by atoms with E-state index in [1.807, 2.05) is 12.1 Å². The molecular formula is C16H19ClN4O3S. The highest BCUT2D eigenvalue weighted by Crippen LogP contribution is 2.28. The Morgan fingerprint density at radius 1 is 1.08 bits per heavy atom. The maximum atomic E-state index is 11.9. The zero-order valence-electron chi connectivity index (χ0n) is 13.5. The van der Waals surface area contributed by atoms with Crippen LogP contribution < -0.4 is 10.8 Å².